The van der Waals surface area contributed by atoms with Crippen LogP contribution in [0.3, 0.4) is 0 Å². The molecule has 3 rings (SSSR count). The lowest BCUT2D eigenvalue weighted by Crippen LogP contribution is -2.41. The maximum absolute atomic E-state index is 12.7. The van der Waals surface area contributed by atoms with Gasteiger partial charge in [-0.1, -0.05) is 18.2 Å². The molecule has 2 aromatic rings. The Bertz CT molecular complexity index is 697. The van der Waals surface area contributed by atoms with E-state index in [9.17, 15) is 13.5 Å². The molecule has 0 aliphatic carbocycles. The molecule has 1 aliphatic rings. The Labute approximate surface area is 117 Å². The van der Waals surface area contributed by atoms with Gasteiger partial charge in [0.25, 0.3) is 10.0 Å². The molecule has 0 saturated heterocycles. The SMILES string of the molecule is O=S(=O)(c1cn[nH]c1)N1CC(CO)Cc2ccccc21. The average molecular weight is 293 g/mol. The summed E-state index contributed by atoms with van der Waals surface area (Å²) in [5, 5.41) is 15.6. The van der Waals surface area contributed by atoms with Crippen LogP contribution in [0.2, 0.25) is 0 Å². The largest absolute Gasteiger partial charge is 0.396 e. The smallest absolute Gasteiger partial charge is 0.267 e. The van der Waals surface area contributed by atoms with Gasteiger partial charge in [-0.2, -0.15) is 5.10 Å². The number of hydrogen-bond acceptors (Lipinski definition) is 4. The molecule has 0 radical (unpaired) electrons. The van der Waals surface area contributed by atoms with Gasteiger partial charge in [0.05, 0.1) is 11.9 Å². The Hall–Kier alpha value is -1.86. The number of aromatic nitrogens is 2. The number of fused-ring (bicyclic) bond motifs is 1. The van der Waals surface area contributed by atoms with E-state index in [-0.39, 0.29) is 24.0 Å². The first-order valence-electron chi connectivity index (χ1n) is 6.33. The van der Waals surface area contributed by atoms with Gasteiger partial charge in [0.2, 0.25) is 0 Å². The number of aliphatic hydroxyl groups is 1. The van der Waals surface area contributed by atoms with Crippen molar-refractivity contribution in [2.24, 2.45) is 5.92 Å². The second kappa shape index (κ2) is 4.92. The van der Waals surface area contributed by atoms with Crippen LogP contribution in [0.15, 0.2) is 41.6 Å². The van der Waals surface area contributed by atoms with Crippen LogP contribution in [0.5, 0.6) is 0 Å². The van der Waals surface area contributed by atoms with Gasteiger partial charge < -0.3 is 5.11 Å². The molecule has 20 heavy (non-hydrogen) atoms. The van der Waals surface area contributed by atoms with Crippen LogP contribution in [0.25, 0.3) is 0 Å². The lowest BCUT2D eigenvalue weighted by Gasteiger charge is -2.34. The Morgan fingerprint density at radius 2 is 2.20 bits per heavy atom. The molecule has 106 valence electrons. The van der Waals surface area contributed by atoms with Gasteiger partial charge in [0, 0.05) is 25.3 Å². The molecule has 0 fully saturated rings. The van der Waals surface area contributed by atoms with E-state index in [0.717, 1.165) is 5.56 Å². The lowest BCUT2D eigenvalue weighted by molar-refractivity contribution is 0.227. The molecule has 1 aromatic heterocycles. The van der Waals surface area contributed by atoms with Gasteiger partial charge in [-0.25, -0.2) is 8.42 Å². The van der Waals surface area contributed by atoms with Crippen molar-refractivity contribution in [2.45, 2.75) is 11.3 Å². The zero-order chi connectivity index (χ0) is 14.2. The summed E-state index contributed by atoms with van der Waals surface area (Å²) >= 11 is 0. The maximum atomic E-state index is 12.7. The number of sulfonamides is 1. The zero-order valence-corrected chi connectivity index (χ0v) is 11.5. The Kier molecular flexibility index (Phi) is 3.23. The predicted octanol–water partition coefficient (Wildman–Crippen LogP) is 0.770. The summed E-state index contributed by atoms with van der Waals surface area (Å²) in [5.41, 5.74) is 1.61. The summed E-state index contributed by atoms with van der Waals surface area (Å²) in [6.45, 7) is 0.243. The van der Waals surface area contributed by atoms with Crippen molar-refractivity contribution >= 4 is 15.7 Å². The molecule has 7 heteroatoms. The highest BCUT2D eigenvalue weighted by molar-refractivity contribution is 7.92. The summed E-state index contributed by atoms with van der Waals surface area (Å²) in [6, 6.07) is 7.38. The zero-order valence-electron chi connectivity index (χ0n) is 10.7. The van der Waals surface area contributed by atoms with Crippen LogP contribution in [0, 0.1) is 5.92 Å². The van der Waals surface area contributed by atoms with Crippen LogP contribution in [0.1, 0.15) is 5.56 Å². The summed E-state index contributed by atoms with van der Waals surface area (Å²) in [5.74, 6) is -0.0911. The molecule has 0 amide bonds. The third-order valence-corrected chi connectivity index (χ3v) is 5.26. The number of nitrogens with zero attached hydrogens (tertiary/aromatic N) is 2. The topological polar surface area (TPSA) is 86.3 Å². The number of benzene rings is 1. The standard InChI is InChI=1S/C13H15N3O3S/c17-9-10-5-11-3-1-2-4-13(11)16(8-10)20(18,19)12-6-14-15-7-12/h1-4,6-7,10,17H,5,8-9H2,(H,14,15). The van der Waals surface area contributed by atoms with Gasteiger partial charge in [0.15, 0.2) is 0 Å². The van der Waals surface area contributed by atoms with Crippen molar-refractivity contribution < 1.29 is 13.5 Å². The van der Waals surface area contributed by atoms with E-state index in [1.54, 1.807) is 6.07 Å². The van der Waals surface area contributed by atoms with Crippen molar-refractivity contribution in [1.29, 1.82) is 0 Å². The number of H-pyrrole nitrogens is 1. The third-order valence-electron chi connectivity index (χ3n) is 3.51. The number of rotatable bonds is 3. The van der Waals surface area contributed by atoms with E-state index < -0.39 is 10.0 Å². The molecule has 1 unspecified atom stereocenters. The fraction of sp³-hybridized carbons (Fsp3) is 0.308. The molecule has 2 N–H and O–H groups in total. The highest BCUT2D eigenvalue weighted by Crippen LogP contribution is 2.33. The fourth-order valence-electron chi connectivity index (χ4n) is 2.49. The number of aromatic amines is 1. The minimum atomic E-state index is -3.65. The molecule has 2 heterocycles. The first-order valence-corrected chi connectivity index (χ1v) is 7.77. The van der Waals surface area contributed by atoms with Crippen LogP contribution >= 0.6 is 0 Å². The molecule has 1 aliphatic heterocycles. The molecule has 6 nitrogen and oxygen atoms in total. The van der Waals surface area contributed by atoms with Gasteiger partial charge in [0.1, 0.15) is 4.90 Å². The van der Waals surface area contributed by atoms with Crippen molar-refractivity contribution in [3.05, 3.63) is 42.2 Å². The van der Waals surface area contributed by atoms with Gasteiger partial charge in [-0.05, 0) is 18.1 Å². The van der Waals surface area contributed by atoms with Gasteiger partial charge in [-0.15, -0.1) is 0 Å². The minimum absolute atomic E-state index is 0.0360. The van der Waals surface area contributed by atoms with Gasteiger partial charge >= 0.3 is 0 Å². The molecule has 1 atom stereocenters. The van der Waals surface area contributed by atoms with Crippen LogP contribution < -0.4 is 4.31 Å². The maximum Gasteiger partial charge on any atom is 0.267 e. The van der Waals surface area contributed by atoms with E-state index in [0.29, 0.717) is 12.1 Å². The monoisotopic (exact) mass is 293 g/mol. The number of anilines is 1. The molecule has 0 spiro atoms. The van der Waals surface area contributed by atoms with E-state index in [1.807, 2.05) is 18.2 Å². The first-order chi connectivity index (χ1) is 9.63. The van der Waals surface area contributed by atoms with E-state index in [2.05, 4.69) is 10.2 Å². The summed E-state index contributed by atoms with van der Waals surface area (Å²) < 4.78 is 26.7. The van der Waals surface area contributed by atoms with Crippen molar-refractivity contribution in [3.63, 3.8) is 0 Å². The fourth-order valence-corrected chi connectivity index (χ4v) is 3.98. The number of nitrogens with one attached hydrogen (secondary N) is 1. The van der Waals surface area contributed by atoms with Gasteiger partial charge in [-0.3, -0.25) is 9.40 Å². The summed E-state index contributed by atoms with van der Waals surface area (Å²) in [6.07, 6.45) is 3.34. The van der Waals surface area contributed by atoms with Crippen molar-refractivity contribution in [3.8, 4) is 0 Å². The second-order valence-corrected chi connectivity index (χ2v) is 6.71. The Balaban J connectivity index is 2.09. The average Bonchev–Trinajstić information content (AvgIpc) is 3.01. The third kappa shape index (κ3) is 2.08. The first kappa shape index (κ1) is 13.1. The molecule has 1 aromatic carbocycles. The van der Waals surface area contributed by atoms with Crippen molar-refractivity contribution in [1.82, 2.24) is 10.2 Å². The Morgan fingerprint density at radius 3 is 2.90 bits per heavy atom. The highest BCUT2D eigenvalue weighted by Gasteiger charge is 2.33. The second-order valence-electron chi connectivity index (χ2n) is 4.85. The molecular weight excluding hydrogens is 278 g/mol. The number of aliphatic hydroxyl groups excluding tert-OH is 1. The van der Waals surface area contributed by atoms with Crippen LogP contribution in [-0.2, 0) is 16.4 Å². The number of para-hydroxylation sites is 1. The predicted molar refractivity (Wildman–Crippen MR) is 73.8 cm³/mol. The minimum Gasteiger partial charge on any atom is -0.396 e. The lowest BCUT2D eigenvalue weighted by atomic mass is 9.95. The number of hydrogen-bond donors (Lipinski definition) is 2. The van der Waals surface area contributed by atoms with Crippen molar-refractivity contribution in [2.75, 3.05) is 17.5 Å². The Morgan fingerprint density at radius 1 is 1.40 bits per heavy atom. The quantitative estimate of drug-likeness (QED) is 0.875. The summed E-state index contributed by atoms with van der Waals surface area (Å²) in [4.78, 5) is 0.130. The van der Waals surface area contributed by atoms with Crippen LogP contribution in [0.4, 0.5) is 5.69 Å². The van der Waals surface area contributed by atoms with E-state index >= 15 is 0 Å². The normalized spacial score (nSPS) is 18.9. The summed E-state index contributed by atoms with van der Waals surface area (Å²) in [7, 11) is -3.65. The molecular formula is C13H15N3O3S. The van der Waals surface area contributed by atoms with E-state index in [1.165, 1.54) is 16.7 Å². The van der Waals surface area contributed by atoms with Crippen LogP contribution in [-0.4, -0.2) is 36.9 Å². The molecule has 0 bridgehead atoms. The highest BCUT2D eigenvalue weighted by atomic mass is 32.2. The van der Waals surface area contributed by atoms with E-state index in [4.69, 9.17) is 0 Å². The molecule has 0 saturated carbocycles.